The number of rotatable bonds is 3. The number of benzene rings is 1. The predicted octanol–water partition coefficient (Wildman–Crippen LogP) is 2.37. The number of nitro benzene ring substituents is 1. The van der Waals surface area contributed by atoms with Crippen LogP contribution in [0.25, 0.3) is 0 Å². The van der Waals surface area contributed by atoms with E-state index in [9.17, 15) is 19.3 Å². The monoisotopic (exact) mass is 263 g/mol. The molecule has 19 heavy (non-hydrogen) atoms. The highest BCUT2D eigenvalue weighted by Crippen LogP contribution is 2.42. The van der Waals surface area contributed by atoms with Crippen LogP contribution in [0.15, 0.2) is 18.2 Å². The van der Waals surface area contributed by atoms with Crippen LogP contribution in [0, 0.1) is 32.7 Å². The third kappa shape index (κ3) is 2.12. The number of nitriles is 1. The number of nitro groups is 1. The molecule has 0 bridgehead atoms. The van der Waals surface area contributed by atoms with E-state index in [0.29, 0.717) is 12.8 Å². The van der Waals surface area contributed by atoms with Crippen molar-refractivity contribution in [1.82, 2.24) is 0 Å². The van der Waals surface area contributed by atoms with Gasteiger partial charge < -0.3 is 5.32 Å². The van der Waals surface area contributed by atoms with Gasteiger partial charge in [0.15, 0.2) is 11.5 Å². The van der Waals surface area contributed by atoms with E-state index in [1.807, 2.05) is 6.07 Å². The highest BCUT2D eigenvalue weighted by molar-refractivity contribution is 5.99. The first-order valence-corrected chi connectivity index (χ1v) is 5.66. The number of amides is 1. The third-order valence-electron chi connectivity index (χ3n) is 3.28. The lowest BCUT2D eigenvalue weighted by Crippen LogP contribution is -2.40. The zero-order valence-electron chi connectivity index (χ0n) is 9.85. The molecule has 0 unspecified atom stereocenters. The smallest absolute Gasteiger partial charge is 0.295 e. The number of hydrogen-bond donors (Lipinski definition) is 1. The lowest BCUT2D eigenvalue weighted by molar-refractivity contribution is -0.384. The lowest BCUT2D eigenvalue weighted by Gasteiger charge is -2.33. The number of halogens is 1. The molecule has 0 radical (unpaired) electrons. The van der Waals surface area contributed by atoms with Crippen LogP contribution in [0.3, 0.4) is 0 Å². The first-order chi connectivity index (χ1) is 9.00. The molecule has 1 saturated carbocycles. The summed E-state index contributed by atoms with van der Waals surface area (Å²) in [5.41, 5.74) is -2.20. The van der Waals surface area contributed by atoms with Gasteiger partial charge in [0.1, 0.15) is 5.41 Å². The van der Waals surface area contributed by atoms with Crippen molar-refractivity contribution in [3.8, 4) is 6.07 Å². The van der Waals surface area contributed by atoms with Crippen LogP contribution in [0.5, 0.6) is 0 Å². The maximum atomic E-state index is 13.6. The summed E-state index contributed by atoms with van der Waals surface area (Å²) in [6, 6.07) is 5.20. The highest BCUT2D eigenvalue weighted by Gasteiger charge is 2.45. The van der Waals surface area contributed by atoms with E-state index in [0.717, 1.165) is 18.6 Å². The molecule has 1 aliphatic carbocycles. The van der Waals surface area contributed by atoms with Crippen LogP contribution >= 0.6 is 0 Å². The molecule has 1 N–H and O–H groups in total. The molecule has 0 aromatic heterocycles. The number of carbonyl (C=O) groups excluding carboxylic acids is 1. The average Bonchev–Trinajstić information content (AvgIpc) is 2.30. The molecule has 1 aromatic carbocycles. The lowest BCUT2D eigenvalue weighted by atomic mass is 9.69. The predicted molar refractivity (Wildman–Crippen MR) is 63.6 cm³/mol. The summed E-state index contributed by atoms with van der Waals surface area (Å²) in [4.78, 5) is 22.0. The van der Waals surface area contributed by atoms with Gasteiger partial charge in [-0.2, -0.15) is 5.26 Å². The van der Waals surface area contributed by atoms with E-state index < -0.39 is 33.4 Å². The summed E-state index contributed by atoms with van der Waals surface area (Å²) in [6.45, 7) is 0. The molecular weight excluding hydrogens is 253 g/mol. The number of carbonyl (C=O) groups is 1. The Hall–Kier alpha value is -2.49. The van der Waals surface area contributed by atoms with Gasteiger partial charge in [-0.1, -0.05) is 6.07 Å². The van der Waals surface area contributed by atoms with Crippen LogP contribution in [0.4, 0.5) is 15.8 Å². The molecule has 98 valence electrons. The Morgan fingerprint density at radius 1 is 1.53 bits per heavy atom. The van der Waals surface area contributed by atoms with Gasteiger partial charge in [-0.3, -0.25) is 14.9 Å². The van der Waals surface area contributed by atoms with Gasteiger partial charge in [-0.05, 0) is 25.3 Å². The van der Waals surface area contributed by atoms with Crippen molar-refractivity contribution >= 4 is 17.3 Å². The Kier molecular flexibility index (Phi) is 3.17. The highest BCUT2D eigenvalue weighted by atomic mass is 19.1. The van der Waals surface area contributed by atoms with Crippen molar-refractivity contribution < 1.29 is 14.1 Å². The molecule has 1 aromatic rings. The maximum Gasteiger partial charge on any atom is 0.295 e. The summed E-state index contributed by atoms with van der Waals surface area (Å²) in [5, 5.41) is 22.0. The molecule has 1 fully saturated rings. The minimum atomic E-state index is -1.18. The molecule has 0 aliphatic heterocycles. The van der Waals surface area contributed by atoms with Gasteiger partial charge in [0.25, 0.3) is 5.69 Å². The van der Waals surface area contributed by atoms with E-state index in [-0.39, 0.29) is 0 Å². The average molecular weight is 263 g/mol. The van der Waals surface area contributed by atoms with Crippen molar-refractivity contribution in [3.05, 3.63) is 34.1 Å². The first kappa shape index (κ1) is 13.0. The normalized spacial score (nSPS) is 16.0. The standard InChI is InChI=1S/C12H10FN3O3/c13-8-3-1-4-9(16(18)19)10(8)15-11(17)12(7-14)5-2-6-12/h1,3-4H,2,5-6H2,(H,15,17). The van der Waals surface area contributed by atoms with Gasteiger partial charge in [-0.15, -0.1) is 0 Å². The Morgan fingerprint density at radius 2 is 2.21 bits per heavy atom. The Bertz CT molecular complexity index is 590. The van der Waals surface area contributed by atoms with Crippen LogP contribution in [-0.2, 0) is 4.79 Å². The number of nitrogens with one attached hydrogen (secondary N) is 1. The number of nitrogens with zero attached hydrogens (tertiary/aromatic N) is 2. The fraction of sp³-hybridized carbons (Fsp3) is 0.333. The van der Waals surface area contributed by atoms with E-state index in [4.69, 9.17) is 5.26 Å². The van der Waals surface area contributed by atoms with Gasteiger partial charge in [0, 0.05) is 6.07 Å². The summed E-state index contributed by atoms with van der Waals surface area (Å²) < 4.78 is 13.6. The van der Waals surface area contributed by atoms with Gasteiger partial charge in [0.05, 0.1) is 11.0 Å². The topological polar surface area (TPSA) is 96.0 Å². The zero-order chi connectivity index (χ0) is 14.0. The second-order valence-electron chi connectivity index (χ2n) is 4.39. The van der Waals surface area contributed by atoms with Crippen LogP contribution in [-0.4, -0.2) is 10.8 Å². The van der Waals surface area contributed by atoms with Crippen molar-refractivity contribution in [2.75, 3.05) is 5.32 Å². The number of anilines is 1. The van der Waals surface area contributed by atoms with Gasteiger partial charge in [0.2, 0.25) is 5.91 Å². The van der Waals surface area contributed by atoms with Crippen LogP contribution in [0.1, 0.15) is 19.3 Å². The summed E-state index contributed by atoms with van der Waals surface area (Å²) in [5.74, 6) is -1.58. The molecule has 6 nitrogen and oxygen atoms in total. The quantitative estimate of drug-likeness (QED) is 0.668. The van der Waals surface area contributed by atoms with Crippen LogP contribution < -0.4 is 5.32 Å². The molecule has 2 rings (SSSR count). The second kappa shape index (κ2) is 4.65. The minimum absolute atomic E-state index is 0.386. The third-order valence-corrected chi connectivity index (χ3v) is 3.28. The van der Waals surface area contributed by atoms with Crippen molar-refractivity contribution in [3.63, 3.8) is 0 Å². The van der Waals surface area contributed by atoms with Gasteiger partial charge in [-0.25, -0.2) is 4.39 Å². The van der Waals surface area contributed by atoms with E-state index in [1.54, 1.807) is 0 Å². The second-order valence-corrected chi connectivity index (χ2v) is 4.39. The fourth-order valence-electron chi connectivity index (χ4n) is 1.94. The van der Waals surface area contributed by atoms with E-state index >= 15 is 0 Å². The minimum Gasteiger partial charge on any atom is -0.317 e. The zero-order valence-corrected chi connectivity index (χ0v) is 9.85. The molecule has 0 spiro atoms. The molecule has 1 amide bonds. The Labute approximate surface area is 108 Å². The summed E-state index contributed by atoms with van der Waals surface area (Å²) in [7, 11) is 0. The first-order valence-electron chi connectivity index (χ1n) is 5.66. The molecular formula is C12H10FN3O3. The Balaban J connectivity index is 2.32. The molecule has 7 heteroatoms. The largest absolute Gasteiger partial charge is 0.317 e. The van der Waals surface area contributed by atoms with E-state index in [1.165, 1.54) is 6.07 Å². The number of hydrogen-bond acceptors (Lipinski definition) is 4. The number of para-hydroxylation sites is 1. The fourth-order valence-corrected chi connectivity index (χ4v) is 1.94. The molecule has 1 aliphatic rings. The SMILES string of the molecule is N#CC1(C(=O)Nc2c(F)cccc2[N+](=O)[O-])CCC1. The molecule has 0 atom stereocenters. The van der Waals surface area contributed by atoms with E-state index in [2.05, 4.69) is 5.32 Å². The van der Waals surface area contributed by atoms with Gasteiger partial charge >= 0.3 is 0 Å². The Morgan fingerprint density at radius 3 is 2.68 bits per heavy atom. The molecule has 0 saturated heterocycles. The molecule has 0 heterocycles. The van der Waals surface area contributed by atoms with Crippen molar-refractivity contribution in [2.24, 2.45) is 5.41 Å². The van der Waals surface area contributed by atoms with Crippen LogP contribution in [0.2, 0.25) is 0 Å². The maximum absolute atomic E-state index is 13.6. The van der Waals surface area contributed by atoms with Crippen molar-refractivity contribution in [2.45, 2.75) is 19.3 Å². The summed E-state index contributed by atoms with van der Waals surface area (Å²) in [6.07, 6.45) is 1.51. The summed E-state index contributed by atoms with van der Waals surface area (Å²) >= 11 is 0. The van der Waals surface area contributed by atoms with Crippen molar-refractivity contribution in [1.29, 1.82) is 5.26 Å².